The molecule has 0 aliphatic carbocycles. The van der Waals surface area contributed by atoms with Crippen molar-refractivity contribution in [2.24, 2.45) is 0 Å². The Morgan fingerprint density at radius 2 is 1.90 bits per heavy atom. The summed E-state index contributed by atoms with van der Waals surface area (Å²) < 4.78 is 6.08. The van der Waals surface area contributed by atoms with Gasteiger partial charge >= 0.3 is 5.97 Å². The molecule has 1 aliphatic heterocycles. The molecule has 1 unspecified atom stereocenters. The Morgan fingerprint density at radius 1 is 1.29 bits per heavy atom. The normalized spacial score (nSPS) is 23.5. The average Bonchev–Trinajstić information content (AvgIpc) is 2.37. The Labute approximate surface area is 126 Å². The highest BCUT2D eigenvalue weighted by atomic mass is 16.5. The van der Waals surface area contributed by atoms with Crippen molar-refractivity contribution in [3.05, 3.63) is 29.8 Å². The van der Waals surface area contributed by atoms with E-state index in [9.17, 15) is 9.90 Å². The zero-order chi connectivity index (χ0) is 15.7. The molecule has 116 valence electrons. The van der Waals surface area contributed by atoms with Gasteiger partial charge in [-0.3, -0.25) is 9.69 Å². The van der Waals surface area contributed by atoms with Gasteiger partial charge in [-0.25, -0.2) is 0 Å². The number of ether oxygens (including phenoxy) is 1. The first-order valence-electron chi connectivity index (χ1n) is 7.60. The summed E-state index contributed by atoms with van der Waals surface area (Å²) in [6.07, 6.45) is 0.767. The molecule has 4 heteroatoms. The molecule has 1 aliphatic rings. The smallest absolute Gasteiger partial charge is 0.305 e. The summed E-state index contributed by atoms with van der Waals surface area (Å²) in [7, 11) is 0. The number of hydrogen-bond donors (Lipinski definition) is 1. The Hall–Kier alpha value is -1.55. The zero-order valence-electron chi connectivity index (χ0n) is 13.3. The highest BCUT2D eigenvalue weighted by Crippen LogP contribution is 2.48. The van der Waals surface area contributed by atoms with Crippen LogP contribution in [0.5, 0.6) is 5.75 Å². The fraction of sp³-hybridized carbons (Fsp3) is 0.588. The predicted molar refractivity (Wildman–Crippen MR) is 82.6 cm³/mol. The molecule has 0 amide bonds. The molecule has 0 saturated heterocycles. The number of hydrogen-bond acceptors (Lipinski definition) is 3. The number of nitrogens with zero attached hydrogens (tertiary/aromatic N) is 1. The number of rotatable bonds is 5. The molecule has 0 radical (unpaired) electrons. The second-order valence-corrected chi connectivity index (χ2v) is 6.31. The molecular formula is C17H25NO3. The number of carbonyl (C=O) groups is 1. The third kappa shape index (κ3) is 2.91. The van der Waals surface area contributed by atoms with Crippen LogP contribution in [-0.4, -0.2) is 34.7 Å². The number of carboxylic acids is 1. The van der Waals surface area contributed by atoms with Gasteiger partial charge in [0, 0.05) is 12.0 Å². The quantitative estimate of drug-likeness (QED) is 0.904. The molecule has 1 N–H and O–H groups in total. The van der Waals surface area contributed by atoms with E-state index in [2.05, 4.69) is 18.7 Å². The molecule has 21 heavy (non-hydrogen) atoms. The summed E-state index contributed by atoms with van der Waals surface area (Å²) >= 11 is 0. The molecule has 4 nitrogen and oxygen atoms in total. The molecule has 0 aromatic heterocycles. The molecule has 0 spiro atoms. The molecule has 1 heterocycles. The van der Waals surface area contributed by atoms with E-state index in [1.54, 1.807) is 0 Å². The fourth-order valence-electron chi connectivity index (χ4n) is 3.70. The highest BCUT2D eigenvalue weighted by Gasteiger charge is 2.49. The zero-order valence-corrected chi connectivity index (χ0v) is 13.3. The minimum Gasteiger partial charge on any atom is -0.487 e. The summed E-state index contributed by atoms with van der Waals surface area (Å²) in [5, 5.41) is 9.50. The van der Waals surface area contributed by atoms with E-state index in [1.165, 1.54) is 0 Å². The molecule has 0 saturated carbocycles. The molecule has 0 bridgehead atoms. The van der Waals surface area contributed by atoms with Crippen LogP contribution in [0.2, 0.25) is 0 Å². The van der Waals surface area contributed by atoms with Gasteiger partial charge in [-0.2, -0.15) is 0 Å². The molecule has 1 aromatic carbocycles. The van der Waals surface area contributed by atoms with Crippen molar-refractivity contribution in [2.45, 2.75) is 51.7 Å². The number of benzene rings is 1. The molecule has 2 rings (SSSR count). The summed E-state index contributed by atoms with van der Waals surface area (Å²) in [4.78, 5) is 13.8. The van der Waals surface area contributed by atoms with Crippen LogP contribution in [0, 0.1) is 0 Å². The van der Waals surface area contributed by atoms with Crippen molar-refractivity contribution >= 4 is 5.97 Å². The van der Waals surface area contributed by atoms with Crippen molar-refractivity contribution in [3.63, 3.8) is 0 Å². The van der Waals surface area contributed by atoms with E-state index < -0.39 is 11.5 Å². The lowest BCUT2D eigenvalue weighted by atomic mass is 9.74. The molecular weight excluding hydrogens is 266 g/mol. The van der Waals surface area contributed by atoms with Gasteiger partial charge in [0.25, 0.3) is 0 Å². The largest absolute Gasteiger partial charge is 0.487 e. The fourth-order valence-corrected chi connectivity index (χ4v) is 3.70. The second-order valence-electron chi connectivity index (χ2n) is 6.31. The first-order chi connectivity index (χ1) is 9.84. The maximum atomic E-state index is 11.6. The topological polar surface area (TPSA) is 49.8 Å². The molecule has 1 atom stereocenters. The first kappa shape index (κ1) is 15.8. The maximum Gasteiger partial charge on any atom is 0.305 e. The highest BCUT2D eigenvalue weighted by molar-refractivity contribution is 5.69. The second kappa shape index (κ2) is 5.68. The van der Waals surface area contributed by atoms with Crippen LogP contribution in [0.4, 0.5) is 0 Å². The lowest BCUT2D eigenvalue weighted by Gasteiger charge is -2.51. The van der Waals surface area contributed by atoms with E-state index in [-0.39, 0.29) is 12.0 Å². The van der Waals surface area contributed by atoms with E-state index in [1.807, 2.05) is 38.1 Å². The van der Waals surface area contributed by atoms with Crippen molar-refractivity contribution in [1.82, 2.24) is 4.90 Å². The monoisotopic (exact) mass is 291 g/mol. The minimum atomic E-state index is -0.769. The van der Waals surface area contributed by atoms with Crippen LogP contribution in [0.1, 0.15) is 46.1 Å². The van der Waals surface area contributed by atoms with Gasteiger partial charge in [-0.1, -0.05) is 32.0 Å². The Kier molecular flexibility index (Phi) is 4.28. The van der Waals surface area contributed by atoms with Gasteiger partial charge < -0.3 is 9.84 Å². The van der Waals surface area contributed by atoms with Gasteiger partial charge in [-0.15, -0.1) is 0 Å². The van der Waals surface area contributed by atoms with Gasteiger partial charge in [0.2, 0.25) is 0 Å². The van der Waals surface area contributed by atoms with E-state index in [4.69, 9.17) is 4.74 Å². The maximum absolute atomic E-state index is 11.6. The van der Waals surface area contributed by atoms with Gasteiger partial charge in [-0.05, 0) is 33.0 Å². The van der Waals surface area contributed by atoms with Crippen LogP contribution < -0.4 is 4.74 Å². The first-order valence-corrected chi connectivity index (χ1v) is 7.60. The standard InChI is InChI=1S/C17H25NO3/c1-5-18(6-2)17(11-15(19)20)12-16(3,4)21-14-10-8-7-9-13(14)17/h7-10H,5-6,11-12H2,1-4H3,(H,19,20). The number of aliphatic carboxylic acids is 1. The Bertz CT molecular complexity index is 523. The summed E-state index contributed by atoms with van der Waals surface area (Å²) in [5.74, 6) is 0.0382. The van der Waals surface area contributed by atoms with Crippen LogP contribution in [0.3, 0.4) is 0 Å². The SMILES string of the molecule is CCN(CC)C1(CC(=O)O)CC(C)(C)Oc2ccccc21. The van der Waals surface area contributed by atoms with Crippen LogP contribution in [0.25, 0.3) is 0 Å². The Morgan fingerprint density at radius 3 is 2.48 bits per heavy atom. The van der Waals surface area contributed by atoms with Gasteiger partial charge in [0.15, 0.2) is 0 Å². The summed E-state index contributed by atoms with van der Waals surface area (Å²) in [6, 6.07) is 7.84. The summed E-state index contributed by atoms with van der Waals surface area (Å²) in [6.45, 7) is 9.85. The van der Waals surface area contributed by atoms with E-state index in [0.717, 1.165) is 24.4 Å². The van der Waals surface area contributed by atoms with Crippen molar-refractivity contribution in [3.8, 4) is 5.75 Å². The van der Waals surface area contributed by atoms with Crippen LogP contribution in [0.15, 0.2) is 24.3 Å². The van der Waals surface area contributed by atoms with Crippen molar-refractivity contribution in [2.75, 3.05) is 13.1 Å². The van der Waals surface area contributed by atoms with E-state index in [0.29, 0.717) is 6.42 Å². The number of fused-ring (bicyclic) bond motifs is 1. The molecule has 1 aromatic rings. The summed E-state index contributed by atoms with van der Waals surface area (Å²) in [5.41, 5.74) is 0.107. The lowest BCUT2D eigenvalue weighted by molar-refractivity contribution is -0.143. The average molecular weight is 291 g/mol. The third-order valence-corrected chi connectivity index (χ3v) is 4.31. The van der Waals surface area contributed by atoms with Crippen molar-refractivity contribution in [1.29, 1.82) is 0 Å². The molecule has 0 fully saturated rings. The number of carboxylic acid groups (broad SMARTS) is 1. The minimum absolute atomic E-state index is 0.0957. The van der Waals surface area contributed by atoms with E-state index >= 15 is 0 Å². The van der Waals surface area contributed by atoms with Crippen LogP contribution in [-0.2, 0) is 10.3 Å². The number of para-hydroxylation sites is 1. The van der Waals surface area contributed by atoms with Crippen LogP contribution >= 0.6 is 0 Å². The third-order valence-electron chi connectivity index (χ3n) is 4.31. The van der Waals surface area contributed by atoms with Gasteiger partial charge in [0.1, 0.15) is 11.4 Å². The lowest BCUT2D eigenvalue weighted by Crippen LogP contribution is -2.55. The van der Waals surface area contributed by atoms with Gasteiger partial charge in [0.05, 0.1) is 12.0 Å². The van der Waals surface area contributed by atoms with Crippen molar-refractivity contribution < 1.29 is 14.6 Å². The Balaban J connectivity index is 2.64. The predicted octanol–water partition coefficient (Wildman–Crippen LogP) is 3.26.